The molecule has 98 valence electrons. The summed E-state index contributed by atoms with van der Waals surface area (Å²) in [5.74, 6) is 0. The van der Waals surface area contributed by atoms with E-state index in [4.69, 9.17) is 0 Å². The van der Waals surface area contributed by atoms with Gasteiger partial charge in [0.2, 0.25) is 0 Å². The van der Waals surface area contributed by atoms with E-state index in [1.54, 1.807) is 12.1 Å². The smallest absolute Gasteiger partial charge is 0.269 e. The molecule has 2 rings (SSSR count). The number of hydrogen-bond acceptors (Lipinski definition) is 3. The second-order valence-corrected chi connectivity index (χ2v) is 4.88. The van der Waals surface area contributed by atoms with Crippen LogP contribution in [0.2, 0.25) is 0 Å². The SMILES string of the molecule is O=[N+]([O-])c1ccc([C@H](O)C[NH+]2CCCCC2)cc1. The van der Waals surface area contributed by atoms with Crippen molar-refractivity contribution in [2.24, 2.45) is 0 Å². The van der Waals surface area contributed by atoms with Crippen LogP contribution in [0.4, 0.5) is 5.69 Å². The number of rotatable bonds is 4. The van der Waals surface area contributed by atoms with Crippen LogP contribution in [0, 0.1) is 10.1 Å². The molecule has 5 heteroatoms. The first-order chi connectivity index (χ1) is 8.66. The normalized spacial score (nSPS) is 18.5. The zero-order valence-electron chi connectivity index (χ0n) is 10.3. The molecule has 0 bridgehead atoms. The van der Waals surface area contributed by atoms with Crippen LogP contribution in [0.25, 0.3) is 0 Å². The molecular formula is C13H19N2O3+. The Morgan fingerprint density at radius 1 is 1.22 bits per heavy atom. The summed E-state index contributed by atoms with van der Waals surface area (Å²) in [5.41, 5.74) is 0.829. The lowest BCUT2D eigenvalue weighted by atomic mass is 10.1. The van der Waals surface area contributed by atoms with Gasteiger partial charge in [-0.05, 0) is 37.0 Å². The van der Waals surface area contributed by atoms with E-state index < -0.39 is 11.0 Å². The maximum absolute atomic E-state index is 10.5. The summed E-state index contributed by atoms with van der Waals surface area (Å²) in [5, 5.41) is 20.6. The van der Waals surface area contributed by atoms with Gasteiger partial charge in [0.1, 0.15) is 12.6 Å². The molecule has 2 N–H and O–H groups in total. The predicted octanol–water partition coefficient (Wildman–Crippen LogP) is 0.697. The number of aliphatic hydroxyl groups is 1. The van der Waals surface area contributed by atoms with Crippen molar-refractivity contribution in [3.05, 3.63) is 39.9 Å². The molecule has 0 aliphatic carbocycles. The van der Waals surface area contributed by atoms with Gasteiger partial charge in [-0.2, -0.15) is 0 Å². The third-order valence-electron chi connectivity index (χ3n) is 3.53. The molecule has 1 aromatic carbocycles. The number of benzene rings is 1. The van der Waals surface area contributed by atoms with E-state index in [1.165, 1.54) is 36.3 Å². The number of piperidine rings is 1. The van der Waals surface area contributed by atoms with Gasteiger partial charge in [0.05, 0.1) is 18.0 Å². The maximum Gasteiger partial charge on any atom is 0.269 e. The molecule has 1 saturated heterocycles. The average molecular weight is 251 g/mol. The Morgan fingerprint density at radius 2 is 1.83 bits per heavy atom. The summed E-state index contributed by atoms with van der Waals surface area (Å²) in [6, 6.07) is 6.19. The second kappa shape index (κ2) is 5.93. The summed E-state index contributed by atoms with van der Waals surface area (Å²) < 4.78 is 0. The molecule has 1 fully saturated rings. The number of nitrogens with zero attached hydrogens (tertiary/aromatic N) is 1. The molecule has 0 amide bonds. The Balaban J connectivity index is 1.95. The van der Waals surface area contributed by atoms with Gasteiger partial charge in [-0.1, -0.05) is 0 Å². The van der Waals surface area contributed by atoms with Gasteiger partial charge in [-0.25, -0.2) is 0 Å². The first-order valence-corrected chi connectivity index (χ1v) is 6.43. The van der Waals surface area contributed by atoms with Crippen molar-refractivity contribution in [2.45, 2.75) is 25.4 Å². The molecule has 1 atom stereocenters. The molecule has 18 heavy (non-hydrogen) atoms. The molecule has 0 radical (unpaired) electrons. The van der Waals surface area contributed by atoms with Crippen molar-refractivity contribution in [3.8, 4) is 0 Å². The lowest BCUT2D eigenvalue weighted by Gasteiger charge is -2.25. The van der Waals surface area contributed by atoms with Crippen LogP contribution < -0.4 is 4.90 Å². The third-order valence-corrected chi connectivity index (χ3v) is 3.53. The van der Waals surface area contributed by atoms with Crippen molar-refractivity contribution in [1.82, 2.24) is 0 Å². The van der Waals surface area contributed by atoms with Crippen molar-refractivity contribution in [1.29, 1.82) is 0 Å². The van der Waals surface area contributed by atoms with Gasteiger partial charge in [-0.3, -0.25) is 10.1 Å². The molecule has 1 aliphatic rings. The van der Waals surface area contributed by atoms with Crippen LogP contribution in [0.5, 0.6) is 0 Å². The van der Waals surface area contributed by atoms with Gasteiger partial charge in [-0.15, -0.1) is 0 Å². The number of nitrogens with one attached hydrogen (secondary N) is 1. The topological polar surface area (TPSA) is 67.8 Å². The van der Waals surface area contributed by atoms with Crippen molar-refractivity contribution < 1.29 is 14.9 Å². The van der Waals surface area contributed by atoms with E-state index in [-0.39, 0.29) is 5.69 Å². The Bertz CT molecular complexity index is 399. The van der Waals surface area contributed by atoms with Gasteiger partial charge in [0.15, 0.2) is 0 Å². The van der Waals surface area contributed by atoms with Gasteiger partial charge in [0.25, 0.3) is 5.69 Å². The number of nitro benzene ring substituents is 1. The summed E-state index contributed by atoms with van der Waals surface area (Å²) >= 11 is 0. The minimum absolute atomic E-state index is 0.0660. The van der Waals surface area contributed by atoms with Crippen molar-refractivity contribution in [2.75, 3.05) is 19.6 Å². The average Bonchev–Trinajstić information content (AvgIpc) is 2.40. The largest absolute Gasteiger partial charge is 0.382 e. The minimum Gasteiger partial charge on any atom is -0.382 e. The number of quaternary nitrogens is 1. The molecule has 0 aromatic heterocycles. The summed E-state index contributed by atoms with van der Waals surface area (Å²) in [6.45, 7) is 2.92. The Morgan fingerprint density at radius 3 is 2.39 bits per heavy atom. The molecule has 1 aromatic rings. The fourth-order valence-electron chi connectivity index (χ4n) is 2.47. The molecule has 5 nitrogen and oxygen atoms in total. The standard InChI is InChI=1S/C13H18N2O3/c16-13(10-14-8-2-1-3-9-14)11-4-6-12(7-5-11)15(17)18/h4-7,13,16H,1-3,8-10H2/p+1/t13-/m1/s1. The Kier molecular flexibility index (Phi) is 4.28. The fraction of sp³-hybridized carbons (Fsp3) is 0.538. The minimum atomic E-state index is -0.529. The molecule has 0 unspecified atom stereocenters. The van der Waals surface area contributed by atoms with Gasteiger partial charge in [0, 0.05) is 12.1 Å². The van der Waals surface area contributed by atoms with Crippen molar-refractivity contribution >= 4 is 5.69 Å². The van der Waals surface area contributed by atoms with Crippen LogP contribution in [-0.2, 0) is 0 Å². The van der Waals surface area contributed by atoms with Crippen LogP contribution >= 0.6 is 0 Å². The quantitative estimate of drug-likeness (QED) is 0.611. The zero-order chi connectivity index (χ0) is 13.0. The predicted molar refractivity (Wildman–Crippen MR) is 67.5 cm³/mol. The molecule has 0 spiro atoms. The van der Waals surface area contributed by atoms with Crippen LogP contribution in [-0.4, -0.2) is 29.7 Å². The highest BCUT2D eigenvalue weighted by Crippen LogP contribution is 2.16. The van der Waals surface area contributed by atoms with Crippen LogP contribution in [0.3, 0.4) is 0 Å². The Hall–Kier alpha value is -1.46. The number of nitro groups is 1. The Labute approximate surface area is 106 Å². The lowest BCUT2D eigenvalue weighted by molar-refractivity contribution is -0.908. The highest BCUT2D eigenvalue weighted by atomic mass is 16.6. The molecule has 1 aliphatic heterocycles. The number of non-ortho nitro benzene ring substituents is 1. The maximum atomic E-state index is 10.5. The van der Waals surface area contributed by atoms with Crippen LogP contribution in [0.15, 0.2) is 24.3 Å². The van der Waals surface area contributed by atoms with Gasteiger partial charge < -0.3 is 10.0 Å². The summed E-state index contributed by atoms with van der Waals surface area (Å²) in [7, 11) is 0. The monoisotopic (exact) mass is 251 g/mol. The second-order valence-electron chi connectivity index (χ2n) is 4.88. The van der Waals surface area contributed by atoms with Crippen molar-refractivity contribution in [3.63, 3.8) is 0 Å². The summed E-state index contributed by atoms with van der Waals surface area (Å²) in [4.78, 5) is 11.5. The molecule has 0 saturated carbocycles. The van der Waals surface area contributed by atoms with E-state index >= 15 is 0 Å². The van der Waals surface area contributed by atoms with Gasteiger partial charge >= 0.3 is 0 Å². The highest BCUT2D eigenvalue weighted by Gasteiger charge is 2.19. The number of likely N-dealkylation sites (tertiary alicyclic amines) is 1. The highest BCUT2D eigenvalue weighted by molar-refractivity contribution is 5.33. The van der Waals surface area contributed by atoms with E-state index in [1.807, 2.05) is 0 Å². The number of hydrogen-bond donors (Lipinski definition) is 2. The van der Waals surface area contributed by atoms with E-state index in [0.29, 0.717) is 6.54 Å². The fourth-order valence-corrected chi connectivity index (χ4v) is 2.47. The van der Waals surface area contributed by atoms with E-state index in [9.17, 15) is 15.2 Å². The van der Waals surface area contributed by atoms with E-state index in [0.717, 1.165) is 18.7 Å². The van der Waals surface area contributed by atoms with E-state index in [2.05, 4.69) is 0 Å². The summed E-state index contributed by atoms with van der Waals surface area (Å²) in [6.07, 6.45) is 3.21. The molecular weight excluding hydrogens is 232 g/mol. The third kappa shape index (κ3) is 3.27. The first-order valence-electron chi connectivity index (χ1n) is 6.43. The zero-order valence-corrected chi connectivity index (χ0v) is 10.3. The molecule has 1 heterocycles. The van der Waals surface area contributed by atoms with Crippen LogP contribution in [0.1, 0.15) is 30.9 Å². The first kappa shape index (κ1) is 13.0. The number of aliphatic hydroxyl groups excluding tert-OH is 1. The lowest BCUT2D eigenvalue weighted by Crippen LogP contribution is -3.13.